The van der Waals surface area contributed by atoms with Gasteiger partial charge >= 0.3 is 5.97 Å². The highest BCUT2D eigenvalue weighted by molar-refractivity contribution is 6.66. The van der Waals surface area contributed by atoms with Crippen LogP contribution in [0.3, 0.4) is 0 Å². The number of carboxylic acid groups (broad SMARTS) is 1. The third kappa shape index (κ3) is 2.48. The lowest BCUT2D eigenvalue weighted by Crippen LogP contribution is -2.45. The van der Waals surface area contributed by atoms with Crippen LogP contribution in [0.25, 0.3) is 22.3 Å². The molecule has 1 aromatic carbocycles. The minimum Gasteiger partial charge on any atom is -0.504 e. The van der Waals surface area contributed by atoms with Gasteiger partial charge in [-0.1, -0.05) is 46.4 Å². The molecule has 4 N–H and O–H groups in total. The summed E-state index contributed by atoms with van der Waals surface area (Å²) < 4.78 is 3.34. The molecule has 3 aliphatic carbocycles. The van der Waals surface area contributed by atoms with Gasteiger partial charge in [0.1, 0.15) is 9.75 Å². The third-order valence-electron chi connectivity index (χ3n) is 6.50. The maximum Gasteiger partial charge on any atom is 0.309 e. The molecular weight excluding hydrogens is 577 g/mol. The molecule has 13 heteroatoms. The predicted octanol–water partition coefficient (Wildman–Crippen LogP) is 5.64. The minimum absolute atomic E-state index is 0.0415. The Kier molecular flexibility index (Phi) is 5.04. The zero-order chi connectivity index (χ0) is 25.1. The van der Waals surface area contributed by atoms with Gasteiger partial charge in [-0.25, -0.2) is 0 Å². The quantitative estimate of drug-likeness (QED) is 0.174. The first-order chi connectivity index (χ1) is 15.7. The van der Waals surface area contributed by atoms with Gasteiger partial charge in [-0.15, -0.1) is 23.2 Å². The number of halogens is 6. The van der Waals surface area contributed by atoms with Gasteiger partial charge in [0.25, 0.3) is 0 Å². The van der Waals surface area contributed by atoms with Crippen molar-refractivity contribution in [3.8, 4) is 28.6 Å². The Morgan fingerprint density at radius 3 is 2.15 bits per heavy atom. The van der Waals surface area contributed by atoms with Crippen molar-refractivity contribution in [2.45, 2.75) is 20.0 Å². The van der Waals surface area contributed by atoms with Crippen molar-refractivity contribution in [3.05, 3.63) is 50.1 Å². The fourth-order valence-electron chi connectivity index (χ4n) is 4.99. The Morgan fingerprint density at radius 1 is 0.912 bits per heavy atom. The van der Waals surface area contributed by atoms with Crippen molar-refractivity contribution in [2.24, 2.45) is 5.92 Å². The van der Waals surface area contributed by atoms with E-state index in [1.54, 1.807) is 0 Å². The van der Waals surface area contributed by atoms with E-state index in [0.717, 1.165) is 12.1 Å². The van der Waals surface area contributed by atoms with Crippen molar-refractivity contribution in [1.29, 1.82) is 0 Å². The Hall–Kier alpha value is -1.74. The molecule has 1 aromatic rings. The van der Waals surface area contributed by atoms with Crippen LogP contribution in [-0.4, -0.2) is 40.5 Å². The second-order valence-corrected chi connectivity index (χ2v) is 11.3. The van der Waals surface area contributed by atoms with Crippen LogP contribution in [0.5, 0.6) is 17.2 Å². The van der Waals surface area contributed by atoms with Crippen molar-refractivity contribution < 1.29 is 29.6 Å². The number of carboxylic acids is 1. The van der Waals surface area contributed by atoms with Gasteiger partial charge < -0.3 is 24.8 Å². The van der Waals surface area contributed by atoms with Gasteiger partial charge in [0, 0.05) is 16.9 Å². The molecule has 0 saturated heterocycles. The van der Waals surface area contributed by atoms with Crippen LogP contribution in [0.4, 0.5) is 0 Å². The second-order valence-electron chi connectivity index (χ2n) is 8.03. The van der Waals surface area contributed by atoms with E-state index in [-0.39, 0.29) is 32.2 Å². The van der Waals surface area contributed by atoms with Crippen LogP contribution in [0, 0.1) is 5.92 Å². The van der Waals surface area contributed by atoms with E-state index in [9.17, 15) is 30.0 Å². The van der Waals surface area contributed by atoms with Crippen molar-refractivity contribution in [2.75, 3.05) is 0 Å². The maximum absolute atomic E-state index is 12.6. The summed E-state index contributed by atoms with van der Waals surface area (Å²) in [5.41, 5.74) is -1.10. The van der Waals surface area contributed by atoms with Crippen LogP contribution >= 0.6 is 69.6 Å². The molecular formula is C21H10Cl6O7. The number of hydrogen-bond acceptors (Lipinski definition) is 6. The third-order valence-corrected chi connectivity index (χ3v) is 10.8. The second kappa shape index (κ2) is 7.15. The summed E-state index contributed by atoms with van der Waals surface area (Å²) in [4.78, 5) is 20.4. The molecule has 0 unspecified atom stereocenters. The highest BCUT2D eigenvalue weighted by Crippen LogP contribution is 2.79. The molecule has 34 heavy (non-hydrogen) atoms. The molecule has 7 nitrogen and oxygen atoms in total. The first-order valence-corrected chi connectivity index (χ1v) is 11.7. The van der Waals surface area contributed by atoms with Gasteiger partial charge in [-0.3, -0.25) is 9.59 Å². The highest BCUT2D eigenvalue weighted by Gasteiger charge is 2.84. The van der Waals surface area contributed by atoms with Crippen molar-refractivity contribution >= 4 is 86.5 Å². The monoisotopic (exact) mass is 584 g/mol. The van der Waals surface area contributed by atoms with E-state index in [4.69, 9.17) is 74.0 Å². The Bertz CT molecular complexity index is 1500. The number of phenolic OH excluding ortho intramolecular Hbond substituents is 3. The zero-order valence-corrected chi connectivity index (χ0v) is 20.8. The highest BCUT2D eigenvalue weighted by atomic mass is 35.5. The largest absolute Gasteiger partial charge is 0.504 e. The zero-order valence-electron chi connectivity index (χ0n) is 16.2. The number of rotatable bonds is 2. The fraction of sp³-hybridized carbons (Fsp3) is 0.238. The predicted molar refractivity (Wildman–Crippen MR) is 128 cm³/mol. The molecule has 2 bridgehead atoms. The van der Waals surface area contributed by atoms with Crippen LogP contribution in [0.2, 0.25) is 0 Å². The molecule has 5 rings (SSSR count). The molecule has 178 valence electrons. The number of benzene rings is 2. The molecule has 1 fully saturated rings. The van der Waals surface area contributed by atoms with Gasteiger partial charge in [0.05, 0.1) is 16.0 Å². The SMILES string of the molecule is O=C(O)[C@H]1[C@H](c2c3ccc(=O)c(O)c-3oc3c(O)c(O)ccc23)[C@]2(Cl)C(Cl)=C(Cl)[C@]1(Cl)C2(Cl)Cl. The van der Waals surface area contributed by atoms with Crippen LogP contribution in [-0.2, 0) is 4.79 Å². The summed E-state index contributed by atoms with van der Waals surface area (Å²) in [5.74, 6) is -7.12. The summed E-state index contributed by atoms with van der Waals surface area (Å²) in [6.45, 7) is 0. The summed E-state index contributed by atoms with van der Waals surface area (Å²) in [6, 6.07) is 4.75. The number of aromatic hydroxyl groups is 3. The first kappa shape index (κ1) is 24.0. The van der Waals surface area contributed by atoms with E-state index in [1.807, 2.05) is 0 Å². The van der Waals surface area contributed by atoms with E-state index in [2.05, 4.69) is 0 Å². The fourth-order valence-corrected chi connectivity index (χ4v) is 7.93. The van der Waals surface area contributed by atoms with E-state index in [0.29, 0.717) is 0 Å². The smallest absolute Gasteiger partial charge is 0.309 e. The van der Waals surface area contributed by atoms with Crippen LogP contribution in [0.15, 0.2) is 43.5 Å². The van der Waals surface area contributed by atoms with Crippen molar-refractivity contribution in [1.82, 2.24) is 0 Å². The summed E-state index contributed by atoms with van der Waals surface area (Å²) in [7, 11) is 0. The molecule has 1 saturated carbocycles. The molecule has 0 radical (unpaired) electrons. The van der Waals surface area contributed by atoms with Gasteiger partial charge in [0.15, 0.2) is 21.4 Å². The summed E-state index contributed by atoms with van der Waals surface area (Å²) in [5, 5.41) is 40.6. The number of aliphatic carboxylic acids is 1. The number of hydrogen-bond donors (Lipinski definition) is 4. The number of allylic oxidation sites excluding steroid dienone is 2. The molecule has 1 aliphatic heterocycles. The van der Waals surface area contributed by atoms with E-state index >= 15 is 0 Å². The molecule has 4 atom stereocenters. The number of carbonyl (C=O) groups is 1. The average molecular weight is 587 g/mol. The number of fused-ring (bicyclic) bond motifs is 4. The molecule has 0 aromatic heterocycles. The van der Waals surface area contributed by atoms with Gasteiger partial charge in [-0.2, -0.15) is 0 Å². The number of phenols is 3. The average Bonchev–Trinajstić information content (AvgIpc) is 2.98. The normalized spacial score (nSPS) is 29.9. The van der Waals surface area contributed by atoms with Crippen LogP contribution < -0.4 is 5.43 Å². The molecule has 4 aliphatic rings. The molecule has 0 amide bonds. The lowest BCUT2D eigenvalue weighted by atomic mass is 9.74. The standard InChI is InChI=1S/C21H10Cl6O7/c22-16-17(23)20(25)11(18(32)33)10(19(16,24)21(20,26)27)9-5-1-3-7(28)12(30)14(5)34-15-6(9)2-4-8(29)13(15)31/h1-4,10-11,28,30-31H,(H,32,33)/t10-,11+,19-,20-/m0/s1. The lowest BCUT2D eigenvalue weighted by molar-refractivity contribution is -0.142. The van der Waals surface area contributed by atoms with Gasteiger partial charge in [0.2, 0.25) is 16.9 Å². The van der Waals surface area contributed by atoms with Crippen LogP contribution in [0.1, 0.15) is 11.5 Å². The Balaban J connectivity index is 2.02. The van der Waals surface area contributed by atoms with Crippen molar-refractivity contribution in [3.63, 3.8) is 0 Å². The van der Waals surface area contributed by atoms with E-state index in [1.165, 1.54) is 12.1 Å². The summed E-state index contributed by atoms with van der Waals surface area (Å²) in [6.07, 6.45) is 0. The molecule has 1 heterocycles. The summed E-state index contributed by atoms with van der Waals surface area (Å²) >= 11 is 39.7. The van der Waals surface area contributed by atoms with Gasteiger partial charge in [-0.05, 0) is 29.8 Å². The Labute approximate surface area is 219 Å². The first-order valence-electron chi connectivity index (χ1n) is 9.40. The minimum atomic E-state index is -2.24. The lowest BCUT2D eigenvalue weighted by Gasteiger charge is -2.36. The Morgan fingerprint density at radius 2 is 1.53 bits per heavy atom. The molecule has 0 spiro atoms. The maximum atomic E-state index is 12.6. The number of alkyl halides is 4. The topological polar surface area (TPSA) is 128 Å². The van der Waals surface area contributed by atoms with E-state index < -0.39 is 60.3 Å².